The molecule has 1 aromatic carbocycles. The number of benzene rings is 1. The van der Waals surface area contributed by atoms with Crippen LogP contribution in [0.5, 0.6) is 0 Å². The van der Waals surface area contributed by atoms with Gasteiger partial charge in [-0.2, -0.15) is 13.2 Å². The number of aliphatic hydroxyl groups excluding tert-OH is 2. The van der Waals surface area contributed by atoms with Crippen LogP contribution in [-0.2, 0) is 6.18 Å². The molecule has 5 heteroatoms. The molecule has 0 amide bonds. The third-order valence-corrected chi connectivity index (χ3v) is 2.15. The van der Waals surface area contributed by atoms with Gasteiger partial charge in [-0.25, -0.2) is 0 Å². The van der Waals surface area contributed by atoms with Crippen LogP contribution < -0.4 is 0 Å². The molecule has 0 aliphatic heterocycles. The monoisotopic (exact) mass is 220 g/mol. The van der Waals surface area contributed by atoms with Crippen LogP contribution in [0, 0.1) is 0 Å². The highest BCUT2D eigenvalue weighted by Gasteiger charge is 2.34. The molecule has 0 atom stereocenters. The summed E-state index contributed by atoms with van der Waals surface area (Å²) in [4.78, 5) is 0. The van der Waals surface area contributed by atoms with Crippen LogP contribution in [-0.4, -0.2) is 23.4 Å². The fourth-order valence-electron chi connectivity index (χ4n) is 1.37. The third-order valence-electron chi connectivity index (χ3n) is 2.15. The Morgan fingerprint density at radius 1 is 1.07 bits per heavy atom. The molecule has 0 spiro atoms. The minimum Gasteiger partial charge on any atom is -0.396 e. The van der Waals surface area contributed by atoms with E-state index < -0.39 is 30.9 Å². The van der Waals surface area contributed by atoms with E-state index >= 15 is 0 Å². The normalized spacial score (nSPS) is 12.1. The molecular weight excluding hydrogens is 209 g/mol. The van der Waals surface area contributed by atoms with Gasteiger partial charge in [0.1, 0.15) is 0 Å². The van der Waals surface area contributed by atoms with Crippen LogP contribution in [0.2, 0.25) is 0 Å². The van der Waals surface area contributed by atoms with Gasteiger partial charge in [0.05, 0.1) is 18.8 Å². The fraction of sp³-hybridized carbons (Fsp3) is 0.400. The predicted octanol–water partition coefficient (Wildman–Crippen LogP) is 1.77. The van der Waals surface area contributed by atoms with Crippen molar-refractivity contribution in [1.29, 1.82) is 0 Å². The molecule has 0 heterocycles. The molecule has 0 aliphatic rings. The third kappa shape index (κ3) is 2.70. The largest absolute Gasteiger partial charge is 0.416 e. The van der Waals surface area contributed by atoms with Crippen LogP contribution in [0.4, 0.5) is 13.2 Å². The van der Waals surface area contributed by atoms with E-state index in [2.05, 4.69) is 0 Å². The molecule has 2 N–H and O–H groups in total. The molecule has 0 fully saturated rings. The molecule has 0 radical (unpaired) electrons. The van der Waals surface area contributed by atoms with Crippen molar-refractivity contribution >= 4 is 0 Å². The zero-order valence-corrected chi connectivity index (χ0v) is 7.83. The van der Waals surface area contributed by atoms with Gasteiger partial charge >= 0.3 is 6.18 Å². The van der Waals surface area contributed by atoms with Crippen molar-refractivity contribution in [3.63, 3.8) is 0 Å². The summed E-state index contributed by atoms with van der Waals surface area (Å²) in [5.74, 6) is -0.886. The minimum absolute atomic E-state index is 0.0741. The van der Waals surface area contributed by atoms with Gasteiger partial charge in [0.2, 0.25) is 0 Å². The summed E-state index contributed by atoms with van der Waals surface area (Å²) in [5, 5.41) is 17.7. The summed E-state index contributed by atoms with van der Waals surface area (Å²) >= 11 is 0. The lowest BCUT2D eigenvalue weighted by molar-refractivity contribution is -0.138. The highest BCUT2D eigenvalue weighted by atomic mass is 19.4. The van der Waals surface area contributed by atoms with E-state index in [-0.39, 0.29) is 5.56 Å². The van der Waals surface area contributed by atoms with E-state index in [1.807, 2.05) is 0 Å². The van der Waals surface area contributed by atoms with Gasteiger partial charge in [-0.05, 0) is 11.6 Å². The van der Waals surface area contributed by atoms with Gasteiger partial charge in [0.25, 0.3) is 0 Å². The van der Waals surface area contributed by atoms with Gasteiger partial charge in [0, 0.05) is 5.92 Å². The summed E-state index contributed by atoms with van der Waals surface area (Å²) in [5.41, 5.74) is -0.881. The maximum Gasteiger partial charge on any atom is 0.416 e. The molecule has 1 rings (SSSR count). The van der Waals surface area contributed by atoms with Crippen molar-refractivity contribution in [3.8, 4) is 0 Å². The van der Waals surface area contributed by atoms with Crippen molar-refractivity contribution < 1.29 is 23.4 Å². The first-order chi connectivity index (χ1) is 7.00. The first-order valence-electron chi connectivity index (χ1n) is 4.38. The second kappa shape index (κ2) is 4.63. The maximum atomic E-state index is 12.5. The van der Waals surface area contributed by atoms with Gasteiger partial charge in [-0.3, -0.25) is 0 Å². The molecule has 0 bridgehead atoms. The number of hydrogen-bond donors (Lipinski definition) is 2. The van der Waals surface area contributed by atoms with Crippen LogP contribution in [0.1, 0.15) is 17.0 Å². The Labute approximate surface area is 85.0 Å². The highest BCUT2D eigenvalue weighted by Crippen LogP contribution is 2.34. The average molecular weight is 220 g/mol. The Morgan fingerprint density at radius 3 is 2.07 bits per heavy atom. The van der Waals surface area contributed by atoms with Gasteiger partial charge in [0.15, 0.2) is 0 Å². The predicted molar refractivity (Wildman–Crippen MR) is 48.4 cm³/mol. The lowest BCUT2D eigenvalue weighted by atomic mass is 9.95. The number of alkyl halides is 3. The summed E-state index contributed by atoms with van der Waals surface area (Å²) in [7, 11) is 0. The highest BCUT2D eigenvalue weighted by molar-refractivity contribution is 5.32. The van der Waals surface area contributed by atoms with Crippen molar-refractivity contribution in [2.75, 3.05) is 13.2 Å². The SMILES string of the molecule is OCC(CO)c1ccccc1C(F)(F)F. The Balaban J connectivity index is 3.17. The summed E-state index contributed by atoms with van der Waals surface area (Å²) in [6.45, 7) is -1.02. The molecule has 1 aromatic rings. The van der Waals surface area contributed by atoms with E-state index in [0.717, 1.165) is 6.07 Å². The minimum atomic E-state index is -4.46. The van der Waals surface area contributed by atoms with E-state index in [4.69, 9.17) is 10.2 Å². The van der Waals surface area contributed by atoms with Crippen LogP contribution in [0.3, 0.4) is 0 Å². The van der Waals surface area contributed by atoms with Crippen molar-refractivity contribution in [2.24, 2.45) is 0 Å². The van der Waals surface area contributed by atoms with E-state index in [9.17, 15) is 13.2 Å². The summed E-state index contributed by atoms with van der Waals surface area (Å²) < 4.78 is 37.6. The van der Waals surface area contributed by atoms with E-state index in [0.29, 0.717) is 0 Å². The Morgan fingerprint density at radius 2 is 1.60 bits per heavy atom. The van der Waals surface area contributed by atoms with E-state index in [1.165, 1.54) is 18.2 Å². The van der Waals surface area contributed by atoms with Crippen LogP contribution >= 0.6 is 0 Å². The second-order valence-electron chi connectivity index (χ2n) is 3.15. The topological polar surface area (TPSA) is 40.5 Å². The van der Waals surface area contributed by atoms with Crippen LogP contribution in [0.15, 0.2) is 24.3 Å². The van der Waals surface area contributed by atoms with Crippen LogP contribution in [0.25, 0.3) is 0 Å². The smallest absolute Gasteiger partial charge is 0.396 e. The van der Waals surface area contributed by atoms with Crippen molar-refractivity contribution in [3.05, 3.63) is 35.4 Å². The lowest BCUT2D eigenvalue weighted by Crippen LogP contribution is -2.16. The van der Waals surface area contributed by atoms with Gasteiger partial charge in [-0.1, -0.05) is 18.2 Å². The van der Waals surface area contributed by atoms with E-state index in [1.54, 1.807) is 0 Å². The van der Waals surface area contributed by atoms with Crippen molar-refractivity contribution in [2.45, 2.75) is 12.1 Å². The molecule has 2 nitrogen and oxygen atoms in total. The number of aliphatic hydroxyl groups is 2. The molecule has 0 aliphatic carbocycles. The van der Waals surface area contributed by atoms with Gasteiger partial charge in [-0.15, -0.1) is 0 Å². The zero-order chi connectivity index (χ0) is 11.5. The lowest BCUT2D eigenvalue weighted by Gasteiger charge is -2.17. The Bertz CT molecular complexity index is 319. The number of hydrogen-bond acceptors (Lipinski definition) is 2. The zero-order valence-electron chi connectivity index (χ0n) is 7.83. The quantitative estimate of drug-likeness (QED) is 0.815. The fourth-order valence-corrected chi connectivity index (χ4v) is 1.37. The molecule has 15 heavy (non-hydrogen) atoms. The number of rotatable bonds is 3. The maximum absolute atomic E-state index is 12.5. The average Bonchev–Trinajstić information content (AvgIpc) is 2.19. The molecule has 0 saturated heterocycles. The van der Waals surface area contributed by atoms with Gasteiger partial charge < -0.3 is 10.2 Å². The Hall–Kier alpha value is -1.07. The first-order valence-corrected chi connectivity index (χ1v) is 4.38. The Kier molecular flexibility index (Phi) is 3.71. The molecule has 0 aromatic heterocycles. The molecular formula is C10H11F3O2. The summed E-state index contributed by atoms with van der Waals surface area (Å²) in [6, 6.07) is 4.93. The van der Waals surface area contributed by atoms with Crippen molar-refractivity contribution in [1.82, 2.24) is 0 Å². The summed E-state index contributed by atoms with van der Waals surface area (Å²) in [6.07, 6.45) is -4.46. The molecule has 0 saturated carbocycles. The molecule has 0 unspecified atom stereocenters. The molecule has 84 valence electrons. The second-order valence-corrected chi connectivity index (χ2v) is 3.15. The standard InChI is InChI=1S/C10H11F3O2/c11-10(12,13)9-4-2-1-3-8(9)7(5-14)6-15/h1-4,7,14-15H,5-6H2. The first kappa shape index (κ1) is 12.0. The number of halogens is 3.